The molecule has 1 fully saturated rings. The Hall–Kier alpha value is -2.99. The molecule has 0 saturated carbocycles. The Morgan fingerprint density at radius 3 is 2.68 bits per heavy atom. The molecule has 6 heteroatoms. The maximum Gasteiger partial charge on any atom is 0.273 e. The third-order valence-corrected chi connectivity index (χ3v) is 5.89. The van der Waals surface area contributed by atoms with Gasteiger partial charge in [-0.3, -0.25) is 14.7 Å². The molecule has 31 heavy (non-hydrogen) atoms. The second-order valence-corrected chi connectivity index (χ2v) is 8.53. The van der Waals surface area contributed by atoms with Gasteiger partial charge in [0.2, 0.25) is 0 Å². The maximum atomic E-state index is 12.5. The van der Waals surface area contributed by atoms with Crippen LogP contribution in [-0.2, 0) is 19.4 Å². The summed E-state index contributed by atoms with van der Waals surface area (Å²) in [5.74, 6) is 1.27. The van der Waals surface area contributed by atoms with Crippen molar-refractivity contribution < 1.29 is 9.32 Å². The minimum Gasteiger partial charge on any atom is -0.359 e. The van der Waals surface area contributed by atoms with Gasteiger partial charge in [0, 0.05) is 24.5 Å². The third kappa shape index (κ3) is 6.25. The second kappa shape index (κ2) is 10.4. The Labute approximate surface area is 183 Å². The van der Waals surface area contributed by atoms with Crippen LogP contribution in [0.3, 0.4) is 0 Å². The molecule has 4 rings (SSSR count). The molecule has 1 amide bonds. The average Bonchev–Trinajstić information content (AvgIpc) is 3.25. The zero-order valence-electron chi connectivity index (χ0n) is 18.0. The maximum absolute atomic E-state index is 12.5. The number of aromatic nitrogens is 2. The molecule has 1 aliphatic heterocycles. The molecular weight excluding hydrogens is 388 g/mol. The quantitative estimate of drug-likeness (QED) is 0.601. The highest BCUT2D eigenvalue weighted by molar-refractivity contribution is 5.92. The Morgan fingerprint density at radius 2 is 1.94 bits per heavy atom. The first-order valence-corrected chi connectivity index (χ1v) is 11.1. The number of nitrogens with one attached hydrogen (secondary N) is 1. The molecule has 2 aromatic heterocycles. The van der Waals surface area contributed by atoms with Gasteiger partial charge < -0.3 is 9.84 Å². The molecule has 162 valence electrons. The normalized spacial score (nSPS) is 16.2. The van der Waals surface area contributed by atoms with Crippen molar-refractivity contribution in [2.75, 3.05) is 13.1 Å². The fourth-order valence-electron chi connectivity index (χ4n) is 4.23. The number of carbonyl (C=O) groups is 1. The van der Waals surface area contributed by atoms with E-state index in [0.29, 0.717) is 12.2 Å². The van der Waals surface area contributed by atoms with Gasteiger partial charge in [-0.2, -0.15) is 0 Å². The summed E-state index contributed by atoms with van der Waals surface area (Å²) in [6.07, 6.45) is 7.81. The smallest absolute Gasteiger partial charge is 0.273 e. The lowest BCUT2D eigenvalue weighted by atomic mass is 9.90. The summed E-state index contributed by atoms with van der Waals surface area (Å²) in [5.41, 5.74) is 2.85. The number of likely N-dealkylation sites (tertiary alicyclic amines) is 1. The van der Waals surface area contributed by atoms with E-state index in [1.807, 2.05) is 25.3 Å². The van der Waals surface area contributed by atoms with Crippen molar-refractivity contribution in [2.24, 2.45) is 5.92 Å². The van der Waals surface area contributed by atoms with E-state index in [9.17, 15) is 4.79 Å². The summed E-state index contributed by atoms with van der Waals surface area (Å²) >= 11 is 0. The minimum absolute atomic E-state index is 0.0134. The van der Waals surface area contributed by atoms with Crippen molar-refractivity contribution in [3.8, 4) is 0 Å². The van der Waals surface area contributed by atoms with Gasteiger partial charge in [0.1, 0.15) is 0 Å². The van der Waals surface area contributed by atoms with Gasteiger partial charge in [-0.25, -0.2) is 0 Å². The standard InChI is InChI=1S/C25H30N4O2/c1-19(14-22-8-5-11-26-17-22)27-25(30)24-16-23(31-28-24)18-29-12-9-21(10-13-29)15-20-6-3-2-4-7-20/h2-8,11,16-17,19,21H,9-10,12-15,18H2,1H3,(H,27,30)/t19-/m1/s1. The number of nitrogens with zero attached hydrogens (tertiary/aromatic N) is 3. The van der Waals surface area contributed by atoms with E-state index in [1.54, 1.807) is 12.3 Å². The van der Waals surface area contributed by atoms with Crippen LogP contribution in [0.15, 0.2) is 65.4 Å². The first kappa shape index (κ1) is 21.2. The Kier molecular flexibility index (Phi) is 7.10. The van der Waals surface area contributed by atoms with Crippen LogP contribution < -0.4 is 5.32 Å². The van der Waals surface area contributed by atoms with E-state index in [2.05, 4.69) is 50.7 Å². The van der Waals surface area contributed by atoms with E-state index < -0.39 is 0 Å². The predicted octanol–water partition coefficient (Wildman–Crippen LogP) is 3.89. The van der Waals surface area contributed by atoms with Gasteiger partial charge in [-0.05, 0) is 68.8 Å². The highest BCUT2D eigenvalue weighted by atomic mass is 16.5. The van der Waals surface area contributed by atoms with Gasteiger partial charge in [0.25, 0.3) is 5.91 Å². The topological polar surface area (TPSA) is 71.3 Å². The molecule has 0 bridgehead atoms. The highest BCUT2D eigenvalue weighted by Crippen LogP contribution is 2.23. The number of hydrogen-bond acceptors (Lipinski definition) is 5. The van der Waals surface area contributed by atoms with E-state index in [-0.39, 0.29) is 11.9 Å². The van der Waals surface area contributed by atoms with Crippen LogP contribution in [-0.4, -0.2) is 40.1 Å². The molecule has 1 aliphatic rings. The average molecular weight is 419 g/mol. The lowest BCUT2D eigenvalue weighted by Crippen LogP contribution is -2.34. The van der Waals surface area contributed by atoms with Crippen molar-refractivity contribution >= 4 is 5.91 Å². The van der Waals surface area contributed by atoms with Crippen LogP contribution in [0.1, 0.15) is 47.1 Å². The van der Waals surface area contributed by atoms with Crippen LogP contribution in [0.4, 0.5) is 0 Å². The molecule has 0 unspecified atom stereocenters. The zero-order chi connectivity index (χ0) is 21.5. The molecule has 1 saturated heterocycles. The van der Waals surface area contributed by atoms with E-state index in [4.69, 9.17) is 4.52 Å². The Morgan fingerprint density at radius 1 is 1.16 bits per heavy atom. The van der Waals surface area contributed by atoms with Crippen LogP contribution in [0.2, 0.25) is 0 Å². The number of amides is 1. The predicted molar refractivity (Wildman–Crippen MR) is 120 cm³/mol. The molecular formula is C25H30N4O2. The lowest BCUT2D eigenvalue weighted by molar-refractivity contribution is 0.0930. The van der Waals surface area contributed by atoms with Crippen molar-refractivity contribution in [3.63, 3.8) is 0 Å². The van der Waals surface area contributed by atoms with Gasteiger partial charge in [0.05, 0.1) is 6.54 Å². The number of rotatable bonds is 8. The molecule has 0 spiro atoms. The molecule has 6 nitrogen and oxygen atoms in total. The number of piperidine rings is 1. The number of hydrogen-bond donors (Lipinski definition) is 1. The summed E-state index contributed by atoms with van der Waals surface area (Å²) in [6.45, 7) is 4.76. The number of pyridine rings is 1. The molecule has 1 aromatic carbocycles. The monoisotopic (exact) mass is 418 g/mol. The van der Waals surface area contributed by atoms with Crippen molar-refractivity contribution in [3.05, 3.63) is 83.5 Å². The van der Waals surface area contributed by atoms with Gasteiger partial charge in [0.15, 0.2) is 11.5 Å². The van der Waals surface area contributed by atoms with Crippen LogP contribution >= 0.6 is 0 Å². The molecule has 0 radical (unpaired) electrons. The lowest BCUT2D eigenvalue weighted by Gasteiger charge is -2.31. The van der Waals surface area contributed by atoms with Gasteiger partial charge >= 0.3 is 0 Å². The first-order valence-electron chi connectivity index (χ1n) is 11.1. The SMILES string of the molecule is C[C@H](Cc1cccnc1)NC(=O)c1cc(CN2CCC(Cc3ccccc3)CC2)on1. The van der Waals surface area contributed by atoms with Crippen molar-refractivity contribution in [1.29, 1.82) is 0 Å². The number of benzene rings is 1. The third-order valence-electron chi connectivity index (χ3n) is 5.89. The summed E-state index contributed by atoms with van der Waals surface area (Å²) in [5, 5.41) is 6.97. The molecule has 3 aromatic rings. The van der Waals surface area contributed by atoms with Crippen molar-refractivity contribution in [1.82, 2.24) is 20.4 Å². The van der Waals surface area contributed by atoms with Gasteiger partial charge in [-0.15, -0.1) is 0 Å². The fourth-order valence-corrected chi connectivity index (χ4v) is 4.23. The minimum atomic E-state index is -0.201. The zero-order valence-corrected chi connectivity index (χ0v) is 18.0. The summed E-state index contributed by atoms with van der Waals surface area (Å²) < 4.78 is 5.45. The second-order valence-electron chi connectivity index (χ2n) is 8.53. The van der Waals surface area contributed by atoms with E-state index in [1.165, 1.54) is 18.4 Å². The Bertz CT molecular complexity index is 950. The Balaban J connectivity index is 1.22. The van der Waals surface area contributed by atoms with E-state index in [0.717, 1.165) is 43.2 Å². The number of carbonyl (C=O) groups excluding carboxylic acids is 1. The molecule has 3 heterocycles. The summed E-state index contributed by atoms with van der Waals surface area (Å²) in [7, 11) is 0. The molecule has 0 aliphatic carbocycles. The highest BCUT2D eigenvalue weighted by Gasteiger charge is 2.22. The van der Waals surface area contributed by atoms with Crippen molar-refractivity contribution in [2.45, 2.75) is 45.2 Å². The van der Waals surface area contributed by atoms with E-state index >= 15 is 0 Å². The van der Waals surface area contributed by atoms with Crippen LogP contribution in [0, 0.1) is 5.92 Å². The molecule has 1 N–H and O–H groups in total. The first-order chi connectivity index (χ1) is 15.2. The largest absolute Gasteiger partial charge is 0.359 e. The fraction of sp³-hybridized carbons (Fsp3) is 0.400. The van der Waals surface area contributed by atoms with Crippen LogP contribution in [0.5, 0.6) is 0 Å². The van der Waals surface area contributed by atoms with Crippen LogP contribution in [0.25, 0.3) is 0 Å². The molecule has 1 atom stereocenters. The summed E-state index contributed by atoms with van der Waals surface area (Å²) in [6, 6.07) is 16.4. The van der Waals surface area contributed by atoms with Gasteiger partial charge in [-0.1, -0.05) is 41.6 Å². The summed E-state index contributed by atoms with van der Waals surface area (Å²) in [4.78, 5) is 19.0.